The predicted octanol–water partition coefficient (Wildman–Crippen LogP) is 4.10. The molecule has 2 amide bonds. The maximum absolute atomic E-state index is 13.4. The molecule has 3 aromatic rings. The molecule has 3 heterocycles. The lowest BCUT2D eigenvalue weighted by Crippen LogP contribution is -2.45. The van der Waals surface area contributed by atoms with E-state index in [4.69, 9.17) is 4.74 Å². The van der Waals surface area contributed by atoms with Gasteiger partial charge in [-0.15, -0.1) is 0 Å². The first kappa shape index (κ1) is 18.0. The summed E-state index contributed by atoms with van der Waals surface area (Å²) in [4.78, 5) is 18.8. The van der Waals surface area contributed by atoms with Gasteiger partial charge in [-0.2, -0.15) is 0 Å². The zero-order chi connectivity index (χ0) is 19.5. The Morgan fingerprint density at radius 3 is 3.00 bits per heavy atom. The van der Waals surface area contributed by atoms with Crippen molar-refractivity contribution in [1.82, 2.24) is 19.8 Å². The first-order valence-electron chi connectivity index (χ1n) is 9.18. The standard InChI is InChI=1S/C21H21FN4O2/c1-15-19-8-4-10-25(19)11-12-26(15)21(27)24-14-16-5-3-9-23-20(16)28-18-7-2-6-17(22)13-18/h2-10,13,15H,11-12,14H2,1H3,(H,24,27). The van der Waals surface area contributed by atoms with Gasteiger partial charge in [-0.05, 0) is 37.3 Å². The van der Waals surface area contributed by atoms with Gasteiger partial charge in [0.2, 0.25) is 5.88 Å². The highest BCUT2D eigenvalue weighted by molar-refractivity contribution is 5.75. The van der Waals surface area contributed by atoms with Crippen LogP contribution in [0.5, 0.6) is 11.6 Å². The van der Waals surface area contributed by atoms with Gasteiger partial charge >= 0.3 is 6.03 Å². The number of nitrogens with one attached hydrogen (secondary N) is 1. The van der Waals surface area contributed by atoms with Crippen LogP contribution in [0.25, 0.3) is 0 Å². The van der Waals surface area contributed by atoms with Crippen LogP contribution in [-0.4, -0.2) is 27.0 Å². The van der Waals surface area contributed by atoms with Crippen molar-refractivity contribution in [1.29, 1.82) is 0 Å². The molecule has 144 valence electrons. The summed E-state index contributed by atoms with van der Waals surface area (Å²) in [6.45, 7) is 3.71. The number of hydrogen-bond donors (Lipinski definition) is 1. The molecule has 0 saturated carbocycles. The molecule has 1 aliphatic rings. The molecule has 2 aromatic heterocycles. The van der Waals surface area contributed by atoms with Gasteiger partial charge in [-0.25, -0.2) is 14.2 Å². The normalized spacial score (nSPS) is 15.8. The fourth-order valence-electron chi connectivity index (χ4n) is 3.42. The number of carbonyl (C=O) groups excluding carboxylic acids is 1. The molecule has 1 N–H and O–H groups in total. The second kappa shape index (κ2) is 7.72. The Morgan fingerprint density at radius 2 is 2.14 bits per heavy atom. The zero-order valence-electron chi connectivity index (χ0n) is 15.5. The van der Waals surface area contributed by atoms with Crippen molar-refractivity contribution in [2.45, 2.75) is 26.1 Å². The van der Waals surface area contributed by atoms with E-state index in [9.17, 15) is 9.18 Å². The van der Waals surface area contributed by atoms with Gasteiger partial charge in [-0.1, -0.05) is 12.1 Å². The topological polar surface area (TPSA) is 59.4 Å². The van der Waals surface area contributed by atoms with Gasteiger partial charge in [-0.3, -0.25) is 0 Å². The van der Waals surface area contributed by atoms with E-state index in [1.54, 1.807) is 24.4 Å². The van der Waals surface area contributed by atoms with E-state index in [1.165, 1.54) is 12.1 Å². The Balaban J connectivity index is 1.43. The van der Waals surface area contributed by atoms with Crippen molar-refractivity contribution >= 4 is 6.03 Å². The van der Waals surface area contributed by atoms with Crippen LogP contribution in [0.15, 0.2) is 60.9 Å². The molecule has 28 heavy (non-hydrogen) atoms. The molecule has 0 saturated heterocycles. The fourth-order valence-corrected chi connectivity index (χ4v) is 3.42. The van der Waals surface area contributed by atoms with Crippen LogP contribution < -0.4 is 10.1 Å². The second-order valence-corrected chi connectivity index (χ2v) is 6.68. The number of pyridine rings is 1. The average Bonchev–Trinajstić information content (AvgIpc) is 3.17. The number of benzene rings is 1. The molecule has 1 unspecified atom stereocenters. The Labute approximate surface area is 162 Å². The maximum Gasteiger partial charge on any atom is 0.318 e. The van der Waals surface area contributed by atoms with Crippen LogP contribution in [0.4, 0.5) is 9.18 Å². The van der Waals surface area contributed by atoms with Crippen molar-refractivity contribution < 1.29 is 13.9 Å². The Hall–Kier alpha value is -3.35. The fraction of sp³-hybridized carbons (Fsp3) is 0.238. The van der Waals surface area contributed by atoms with Gasteiger partial charge in [0.05, 0.1) is 6.04 Å². The molecule has 7 heteroatoms. The SMILES string of the molecule is CC1c2cccn2CCN1C(=O)NCc1cccnc1Oc1cccc(F)c1. The van der Waals surface area contributed by atoms with Gasteiger partial charge in [0.15, 0.2) is 0 Å². The number of halogens is 1. The summed E-state index contributed by atoms with van der Waals surface area (Å²) in [5.41, 5.74) is 1.84. The molecule has 0 fully saturated rings. The molecule has 0 spiro atoms. The Kier molecular flexibility index (Phi) is 4.97. The number of fused-ring (bicyclic) bond motifs is 1. The van der Waals surface area contributed by atoms with Crippen LogP contribution in [0.2, 0.25) is 0 Å². The maximum atomic E-state index is 13.4. The van der Waals surface area contributed by atoms with Crippen LogP contribution in [0.1, 0.15) is 24.2 Å². The Morgan fingerprint density at radius 1 is 1.25 bits per heavy atom. The van der Waals surface area contributed by atoms with Gasteiger partial charge in [0.1, 0.15) is 11.6 Å². The smallest absolute Gasteiger partial charge is 0.318 e. The number of carbonyl (C=O) groups is 1. The van der Waals surface area contributed by atoms with Crippen molar-refractivity contribution in [3.05, 3.63) is 78.0 Å². The third-order valence-electron chi connectivity index (χ3n) is 4.89. The van der Waals surface area contributed by atoms with E-state index in [0.29, 0.717) is 23.7 Å². The summed E-state index contributed by atoms with van der Waals surface area (Å²) in [5, 5.41) is 2.94. The number of rotatable bonds is 4. The molecular weight excluding hydrogens is 359 g/mol. The molecule has 6 nitrogen and oxygen atoms in total. The average molecular weight is 380 g/mol. The minimum absolute atomic E-state index is 0.000614. The highest BCUT2D eigenvalue weighted by Gasteiger charge is 2.27. The van der Waals surface area contributed by atoms with Crippen molar-refractivity contribution in [3.8, 4) is 11.6 Å². The lowest BCUT2D eigenvalue weighted by molar-refractivity contribution is 0.162. The molecule has 4 rings (SSSR count). The number of aromatic nitrogens is 2. The van der Waals surface area contributed by atoms with Crippen molar-refractivity contribution in [3.63, 3.8) is 0 Å². The van der Waals surface area contributed by atoms with Gasteiger partial charge in [0.25, 0.3) is 0 Å². The third-order valence-corrected chi connectivity index (χ3v) is 4.89. The molecular formula is C21H21FN4O2. The number of amides is 2. The Bertz CT molecular complexity index is 988. The molecule has 0 aliphatic carbocycles. The van der Waals surface area contributed by atoms with Gasteiger partial charge in [0, 0.05) is 49.4 Å². The summed E-state index contributed by atoms with van der Waals surface area (Å²) < 4.78 is 21.3. The minimum Gasteiger partial charge on any atom is -0.439 e. The monoisotopic (exact) mass is 380 g/mol. The molecule has 1 aliphatic heterocycles. The third kappa shape index (κ3) is 3.69. The molecule has 1 aromatic carbocycles. The summed E-state index contributed by atoms with van der Waals surface area (Å²) in [6, 6.07) is 13.4. The van der Waals surface area contributed by atoms with E-state index in [2.05, 4.69) is 14.9 Å². The molecule has 0 bridgehead atoms. The predicted molar refractivity (Wildman–Crippen MR) is 102 cm³/mol. The van der Waals surface area contributed by atoms with E-state index in [0.717, 1.165) is 12.2 Å². The first-order valence-corrected chi connectivity index (χ1v) is 9.18. The number of nitrogens with zero attached hydrogens (tertiary/aromatic N) is 3. The van der Waals surface area contributed by atoms with E-state index >= 15 is 0 Å². The van der Waals surface area contributed by atoms with E-state index < -0.39 is 0 Å². The summed E-state index contributed by atoms with van der Waals surface area (Å²) in [6.07, 6.45) is 3.63. The quantitative estimate of drug-likeness (QED) is 0.741. The highest BCUT2D eigenvalue weighted by Crippen LogP contribution is 2.26. The number of urea groups is 1. The second-order valence-electron chi connectivity index (χ2n) is 6.68. The zero-order valence-corrected chi connectivity index (χ0v) is 15.5. The van der Waals surface area contributed by atoms with Gasteiger partial charge < -0.3 is 19.5 Å². The minimum atomic E-state index is -0.382. The molecule has 0 radical (unpaired) electrons. The van der Waals surface area contributed by atoms with E-state index in [-0.39, 0.29) is 24.4 Å². The largest absolute Gasteiger partial charge is 0.439 e. The van der Waals surface area contributed by atoms with Crippen molar-refractivity contribution in [2.24, 2.45) is 0 Å². The van der Waals surface area contributed by atoms with Crippen LogP contribution in [0.3, 0.4) is 0 Å². The number of hydrogen-bond acceptors (Lipinski definition) is 3. The van der Waals surface area contributed by atoms with Crippen LogP contribution in [-0.2, 0) is 13.1 Å². The first-order chi connectivity index (χ1) is 13.6. The van der Waals surface area contributed by atoms with E-state index in [1.807, 2.05) is 36.2 Å². The summed E-state index contributed by atoms with van der Waals surface area (Å²) in [7, 11) is 0. The van der Waals surface area contributed by atoms with Crippen molar-refractivity contribution in [2.75, 3.05) is 6.54 Å². The summed E-state index contributed by atoms with van der Waals surface area (Å²) in [5.74, 6) is 0.317. The summed E-state index contributed by atoms with van der Waals surface area (Å²) >= 11 is 0. The van der Waals surface area contributed by atoms with Crippen LogP contribution >= 0.6 is 0 Å². The highest BCUT2D eigenvalue weighted by atomic mass is 19.1. The van der Waals surface area contributed by atoms with Crippen LogP contribution in [0, 0.1) is 5.82 Å². The lowest BCUT2D eigenvalue weighted by Gasteiger charge is -2.34. The lowest BCUT2D eigenvalue weighted by atomic mass is 10.1. The molecule has 1 atom stereocenters. The number of ether oxygens (including phenoxy) is 1.